The van der Waals surface area contributed by atoms with E-state index in [4.69, 9.17) is 17.0 Å². The summed E-state index contributed by atoms with van der Waals surface area (Å²) < 4.78 is 5.54. The van der Waals surface area contributed by atoms with Crippen LogP contribution in [0.5, 0.6) is 5.75 Å². The molecule has 1 aromatic carbocycles. The van der Waals surface area contributed by atoms with Crippen LogP contribution in [0.25, 0.3) is 0 Å². The summed E-state index contributed by atoms with van der Waals surface area (Å²) in [4.78, 5) is 11.6. The second-order valence-electron chi connectivity index (χ2n) is 4.53. The molecule has 0 aliphatic carbocycles. The number of amides is 1. The monoisotopic (exact) mass is 295 g/mol. The summed E-state index contributed by atoms with van der Waals surface area (Å²) in [6.07, 6.45) is 0. The fraction of sp³-hybridized carbons (Fsp3) is 0.429. The Balaban J connectivity index is 2.47. The van der Waals surface area contributed by atoms with E-state index in [9.17, 15) is 4.79 Å². The van der Waals surface area contributed by atoms with E-state index in [2.05, 4.69) is 22.2 Å². The lowest BCUT2D eigenvalue weighted by molar-refractivity contribution is -0.123. The Kier molecular flexibility index (Phi) is 6.24. The number of carbonyl (C=O) groups is 1. The minimum Gasteiger partial charge on any atom is -0.483 e. The summed E-state index contributed by atoms with van der Waals surface area (Å²) in [5.74, 6) is 0.440. The summed E-state index contributed by atoms with van der Waals surface area (Å²) >= 11 is 4.93. The topological polar surface area (TPSA) is 62.4 Å². The van der Waals surface area contributed by atoms with Crippen molar-refractivity contribution in [3.8, 4) is 5.75 Å². The Morgan fingerprint density at radius 3 is 2.60 bits per heavy atom. The van der Waals surface area contributed by atoms with Crippen molar-refractivity contribution < 1.29 is 9.53 Å². The van der Waals surface area contributed by atoms with Crippen molar-refractivity contribution in [2.45, 2.75) is 27.7 Å². The van der Waals surface area contributed by atoms with Gasteiger partial charge in [-0.3, -0.25) is 15.6 Å². The minimum atomic E-state index is -0.288. The first-order valence-electron chi connectivity index (χ1n) is 6.47. The molecule has 0 aromatic heterocycles. The van der Waals surface area contributed by atoms with E-state index >= 15 is 0 Å². The molecule has 0 saturated carbocycles. The number of thiocarbonyl (C=S) groups is 1. The van der Waals surface area contributed by atoms with Crippen molar-refractivity contribution in [2.24, 2.45) is 0 Å². The van der Waals surface area contributed by atoms with Crippen LogP contribution in [0.2, 0.25) is 0 Å². The lowest BCUT2D eigenvalue weighted by atomic mass is 10.1. The maximum absolute atomic E-state index is 11.6. The molecular weight excluding hydrogens is 274 g/mol. The summed E-state index contributed by atoms with van der Waals surface area (Å²) in [6, 6.07) is 4.00. The van der Waals surface area contributed by atoms with Crippen molar-refractivity contribution in [1.29, 1.82) is 0 Å². The number of carbonyl (C=O) groups excluding carboxylic acids is 1. The van der Waals surface area contributed by atoms with Crippen molar-refractivity contribution in [3.05, 3.63) is 28.8 Å². The predicted octanol–water partition coefficient (Wildman–Crippen LogP) is 1.51. The summed E-state index contributed by atoms with van der Waals surface area (Å²) in [5.41, 5.74) is 8.36. The zero-order valence-corrected chi connectivity index (χ0v) is 13.1. The van der Waals surface area contributed by atoms with Gasteiger partial charge in [0.15, 0.2) is 11.7 Å². The van der Waals surface area contributed by atoms with Gasteiger partial charge in [-0.25, -0.2) is 0 Å². The molecule has 1 amide bonds. The first-order valence-corrected chi connectivity index (χ1v) is 6.88. The molecule has 1 aromatic rings. The van der Waals surface area contributed by atoms with Crippen molar-refractivity contribution >= 4 is 23.2 Å². The number of ether oxygens (including phenoxy) is 1. The summed E-state index contributed by atoms with van der Waals surface area (Å²) in [7, 11) is 0. The third-order valence-electron chi connectivity index (χ3n) is 2.78. The molecule has 0 aliphatic rings. The van der Waals surface area contributed by atoms with Crippen LogP contribution in [-0.2, 0) is 4.79 Å². The fourth-order valence-electron chi connectivity index (χ4n) is 1.66. The largest absolute Gasteiger partial charge is 0.483 e. The van der Waals surface area contributed by atoms with Gasteiger partial charge in [0.1, 0.15) is 5.75 Å². The molecule has 0 bridgehead atoms. The third-order valence-corrected chi connectivity index (χ3v) is 3.02. The molecule has 20 heavy (non-hydrogen) atoms. The van der Waals surface area contributed by atoms with E-state index in [0.29, 0.717) is 11.7 Å². The van der Waals surface area contributed by atoms with Crippen molar-refractivity contribution in [2.75, 3.05) is 13.2 Å². The molecule has 0 fully saturated rings. The smallest absolute Gasteiger partial charge is 0.276 e. The Morgan fingerprint density at radius 2 is 1.95 bits per heavy atom. The Hall–Kier alpha value is -1.82. The SMILES string of the molecule is CCNC(=S)NNC(=O)COc1cc(C)cc(C)c1C. The number of hydrogen-bond donors (Lipinski definition) is 3. The maximum atomic E-state index is 11.6. The molecule has 0 aliphatic heterocycles. The van der Waals surface area contributed by atoms with Gasteiger partial charge in [0.2, 0.25) is 0 Å². The van der Waals surface area contributed by atoms with Crippen LogP contribution in [0.3, 0.4) is 0 Å². The number of benzene rings is 1. The summed E-state index contributed by atoms with van der Waals surface area (Å²) in [6.45, 7) is 8.54. The highest BCUT2D eigenvalue weighted by atomic mass is 32.1. The van der Waals surface area contributed by atoms with E-state index in [0.717, 1.165) is 22.4 Å². The highest BCUT2D eigenvalue weighted by Gasteiger charge is 2.07. The van der Waals surface area contributed by atoms with Gasteiger partial charge in [-0.2, -0.15) is 0 Å². The van der Waals surface area contributed by atoms with E-state index in [1.807, 2.05) is 33.8 Å². The second-order valence-corrected chi connectivity index (χ2v) is 4.93. The molecular formula is C14H21N3O2S. The van der Waals surface area contributed by atoms with Crippen molar-refractivity contribution in [1.82, 2.24) is 16.2 Å². The van der Waals surface area contributed by atoms with Gasteiger partial charge in [-0.15, -0.1) is 0 Å². The maximum Gasteiger partial charge on any atom is 0.276 e. The molecule has 3 N–H and O–H groups in total. The van der Waals surface area contributed by atoms with Gasteiger partial charge < -0.3 is 10.1 Å². The number of nitrogens with one attached hydrogen (secondary N) is 3. The van der Waals surface area contributed by atoms with Crippen molar-refractivity contribution in [3.63, 3.8) is 0 Å². The highest BCUT2D eigenvalue weighted by molar-refractivity contribution is 7.80. The normalized spacial score (nSPS) is 9.80. The molecule has 0 saturated heterocycles. The number of hydrazine groups is 1. The Morgan fingerprint density at radius 1 is 1.25 bits per heavy atom. The number of rotatable bonds is 4. The van der Waals surface area contributed by atoms with E-state index in [-0.39, 0.29) is 12.5 Å². The zero-order valence-electron chi connectivity index (χ0n) is 12.3. The van der Waals surface area contributed by atoms with Crippen LogP contribution in [0, 0.1) is 20.8 Å². The molecule has 110 valence electrons. The average Bonchev–Trinajstić information content (AvgIpc) is 2.39. The van der Waals surface area contributed by atoms with E-state index in [1.165, 1.54) is 0 Å². The Bertz CT molecular complexity index is 503. The van der Waals surface area contributed by atoms with Gasteiger partial charge in [0.05, 0.1) is 0 Å². The molecule has 0 unspecified atom stereocenters. The molecule has 0 radical (unpaired) electrons. The lowest BCUT2D eigenvalue weighted by Gasteiger charge is -2.13. The fourth-order valence-corrected chi connectivity index (χ4v) is 1.86. The van der Waals surface area contributed by atoms with Gasteiger partial charge >= 0.3 is 0 Å². The lowest BCUT2D eigenvalue weighted by Crippen LogP contribution is -2.48. The molecule has 0 heterocycles. The average molecular weight is 295 g/mol. The van der Waals surface area contributed by atoms with Gasteiger partial charge in [0, 0.05) is 6.54 Å². The molecule has 0 atom stereocenters. The highest BCUT2D eigenvalue weighted by Crippen LogP contribution is 2.22. The predicted molar refractivity (Wildman–Crippen MR) is 83.7 cm³/mol. The minimum absolute atomic E-state index is 0.0640. The number of hydrogen-bond acceptors (Lipinski definition) is 3. The summed E-state index contributed by atoms with van der Waals surface area (Å²) in [5, 5.41) is 3.24. The van der Waals surface area contributed by atoms with Crippen LogP contribution < -0.4 is 20.9 Å². The van der Waals surface area contributed by atoms with E-state index in [1.54, 1.807) is 0 Å². The molecule has 1 rings (SSSR count). The van der Waals surface area contributed by atoms with Crippen LogP contribution >= 0.6 is 12.2 Å². The molecule has 5 nitrogen and oxygen atoms in total. The third kappa shape index (κ3) is 5.05. The van der Waals surface area contributed by atoms with E-state index < -0.39 is 0 Å². The van der Waals surface area contributed by atoms with Crippen LogP contribution in [0.4, 0.5) is 0 Å². The Labute approximate surface area is 125 Å². The first-order chi connectivity index (χ1) is 9.43. The van der Waals surface area contributed by atoms with Crippen LogP contribution in [0.1, 0.15) is 23.6 Å². The quantitative estimate of drug-likeness (QED) is 0.580. The standard InChI is InChI=1S/C14H21N3O2S/c1-5-15-14(20)17-16-13(18)8-19-12-7-9(2)6-10(3)11(12)4/h6-7H,5,8H2,1-4H3,(H,16,18)(H2,15,17,20). The van der Waals surface area contributed by atoms with Crippen LogP contribution in [0.15, 0.2) is 12.1 Å². The first kappa shape index (κ1) is 16.2. The van der Waals surface area contributed by atoms with Gasteiger partial charge in [0.25, 0.3) is 5.91 Å². The molecule has 0 spiro atoms. The van der Waals surface area contributed by atoms with Crippen LogP contribution in [-0.4, -0.2) is 24.2 Å². The molecule has 6 heteroatoms. The second kappa shape index (κ2) is 7.69. The zero-order chi connectivity index (χ0) is 15.1. The van der Waals surface area contributed by atoms with Gasteiger partial charge in [-0.1, -0.05) is 6.07 Å². The van der Waals surface area contributed by atoms with Gasteiger partial charge in [-0.05, 0) is 62.7 Å². The number of aryl methyl sites for hydroxylation is 2.